The molecule has 1 saturated heterocycles. The molecule has 1 amide bonds. The Kier molecular flexibility index (Phi) is 7.22. The lowest BCUT2D eigenvalue weighted by Gasteiger charge is -2.33. The monoisotopic (exact) mass is 473 g/mol. The molecule has 1 aromatic carbocycles. The van der Waals surface area contributed by atoms with Gasteiger partial charge in [-0.25, -0.2) is 8.42 Å². The summed E-state index contributed by atoms with van der Waals surface area (Å²) in [6.45, 7) is 4.96. The lowest BCUT2D eigenvalue weighted by molar-refractivity contribution is -0.132. The van der Waals surface area contributed by atoms with Crippen LogP contribution >= 0.6 is 22.9 Å². The predicted octanol–water partition coefficient (Wildman–Crippen LogP) is 2.40. The number of sulfonamides is 1. The second kappa shape index (κ2) is 9.51. The van der Waals surface area contributed by atoms with E-state index in [9.17, 15) is 18.0 Å². The van der Waals surface area contributed by atoms with Crippen molar-refractivity contribution < 1.29 is 17.9 Å². The smallest absolute Gasteiger partial charge is 0.305 e. The van der Waals surface area contributed by atoms with E-state index in [0.29, 0.717) is 54.6 Å². The number of halogens is 1. The summed E-state index contributed by atoms with van der Waals surface area (Å²) in [4.78, 5) is 27.7. The van der Waals surface area contributed by atoms with Gasteiger partial charge in [0.25, 0.3) is 10.0 Å². The van der Waals surface area contributed by atoms with Crippen LogP contribution in [0, 0.1) is 13.8 Å². The number of rotatable bonds is 7. The van der Waals surface area contributed by atoms with E-state index in [2.05, 4.69) is 4.98 Å². The van der Waals surface area contributed by atoms with Gasteiger partial charge in [-0.1, -0.05) is 22.9 Å². The Morgan fingerprint density at radius 2 is 1.93 bits per heavy atom. The zero-order valence-corrected chi connectivity index (χ0v) is 19.2. The number of carbonyl (C=O) groups is 1. The van der Waals surface area contributed by atoms with Gasteiger partial charge in [0, 0.05) is 43.3 Å². The molecule has 164 valence electrons. The summed E-state index contributed by atoms with van der Waals surface area (Å²) in [5, 5.41) is 0.650. The first-order valence-corrected chi connectivity index (χ1v) is 12.2. The van der Waals surface area contributed by atoms with Crippen LogP contribution in [0.1, 0.15) is 24.1 Å². The minimum absolute atomic E-state index is 0.0223. The van der Waals surface area contributed by atoms with E-state index >= 15 is 0 Å². The molecule has 11 heteroatoms. The number of nitrogens with one attached hydrogen (secondary N) is 1. The van der Waals surface area contributed by atoms with Crippen molar-refractivity contribution in [2.75, 3.05) is 32.8 Å². The highest BCUT2D eigenvalue weighted by Gasteiger charge is 2.32. The number of thiazole rings is 1. The molecule has 0 saturated carbocycles. The number of H-pyrrole nitrogens is 1. The molecule has 0 unspecified atom stereocenters. The minimum Gasteiger partial charge on any atom is -0.493 e. The molecule has 0 spiro atoms. The highest BCUT2D eigenvalue weighted by Crippen LogP contribution is 2.23. The number of benzene rings is 1. The number of amides is 1. The van der Waals surface area contributed by atoms with Gasteiger partial charge in [0.1, 0.15) is 5.75 Å². The predicted molar refractivity (Wildman–Crippen MR) is 116 cm³/mol. The average molecular weight is 474 g/mol. The third-order valence-electron chi connectivity index (χ3n) is 4.88. The fourth-order valence-corrected chi connectivity index (χ4v) is 6.35. The van der Waals surface area contributed by atoms with Crippen LogP contribution in [0.25, 0.3) is 0 Å². The Morgan fingerprint density at radius 1 is 1.23 bits per heavy atom. The average Bonchev–Trinajstić information content (AvgIpc) is 3.05. The quantitative estimate of drug-likeness (QED) is 0.622. The largest absolute Gasteiger partial charge is 0.493 e. The van der Waals surface area contributed by atoms with E-state index in [-0.39, 0.29) is 23.2 Å². The van der Waals surface area contributed by atoms with Gasteiger partial charge in [0.15, 0.2) is 4.21 Å². The molecule has 0 aliphatic carbocycles. The molecule has 2 heterocycles. The zero-order valence-electron chi connectivity index (χ0n) is 16.8. The van der Waals surface area contributed by atoms with Crippen molar-refractivity contribution in [3.63, 3.8) is 0 Å². The Morgan fingerprint density at radius 3 is 2.53 bits per heavy atom. The van der Waals surface area contributed by atoms with Crippen LogP contribution in [0.3, 0.4) is 0 Å². The molecule has 0 bridgehead atoms. The number of aromatic nitrogens is 1. The summed E-state index contributed by atoms with van der Waals surface area (Å²) < 4.78 is 32.6. The van der Waals surface area contributed by atoms with Crippen LogP contribution in [0.2, 0.25) is 5.02 Å². The number of aryl methyl sites for hydroxylation is 2. The van der Waals surface area contributed by atoms with Crippen molar-refractivity contribution in [2.24, 2.45) is 0 Å². The van der Waals surface area contributed by atoms with E-state index in [0.717, 1.165) is 11.3 Å². The first-order valence-electron chi connectivity index (χ1n) is 9.55. The molecule has 1 aromatic heterocycles. The number of nitrogens with zero attached hydrogens (tertiary/aromatic N) is 2. The summed E-state index contributed by atoms with van der Waals surface area (Å²) in [6, 6.07) is 5.39. The molecule has 3 rings (SSSR count). The summed E-state index contributed by atoms with van der Waals surface area (Å²) in [7, 11) is -3.73. The molecule has 0 atom stereocenters. The Labute approximate surface area is 184 Å². The van der Waals surface area contributed by atoms with Crippen LogP contribution in [0.5, 0.6) is 5.75 Å². The van der Waals surface area contributed by atoms with Crippen LogP contribution < -0.4 is 9.61 Å². The molecule has 2 aromatic rings. The second-order valence-corrected chi connectivity index (χ2v) is 10.6. The molecule has 1 aliphatic heterocycles. The first-order chi connectivity index (χ1) is 14.2. The van der Waals surface area contributed by atoms with Gasteiger partial charge < -0.3 is 14.6 Å². The van der Waals surface area contributed by atoms with Crippen molar-refractivity contribution in [3.8, 4) is 5.75 Å². The van der Waals surface area contributed by atoms with E-state index < -0.39 is 14.9 Å². The summed E-state index contributed by atoms with van der Waals surface area (Å²) in [5.41, 5.74) is 1.29. The molecule has 1 N–H and O–H groups in total. The lowest BCUT2D eigenvalue weighted by atomic mass is 10.2. The summed E-state index contributed by atoms with van der Waals surface area (Å²) in [6.07, 6.45) is 0.897. The van der Waals surface area contributed by atoms with Crippen molar-refractivity contribution in [1.82, 2.24) is 14.2 Å². The van der Waals surface area contributed by atoms with E-state index in [1.54, 1.807) is 17.9 Å². The van der Waals surface area contributed by atoms with E-state index in [1.165, 1.54) is 4.31 Å². The Hall–Kier alpha value is -1.88. The van der Waals surface area contributed by atoms with Crippen molar-refractivity contribution >= 4 is 38.9 Å². The fourth-order valence-electron chi connectivity index (χ4n) is 3.27. The minimum atomic E-state index is -3.73. The number of hydrogen-bond donors (Lipinski definition) is 1. The first kappa shape index (κ1) is 22.8. The molecule has 30 heavy (non-hydrogen) atoms. The van der Waals surface area contributed by atoms with Crippen LogP contribution in [0.15, 0.2) is 27.2 Å². The molecule has 8 nitrogen and oxygen atoms in total. The van der Waals surface area contributed by atoms with Gasteiger partial charge in [-0.2, -0.15) is 4.31 Å². The maximum absolute atomic E-state index is 12.7. The van der Waals surface area contributed by atoms with Crippen LogP contribution in [0.4, 0.5) is 0 Å². The fraction of sp³-hybridized carbons (Fsp3) is 0.474. The number of ether oxygens (including phenoxy) is 1. The van der Waals surface area contributed by atoms with E-state index in [1.807, 2.05) is 19.1 Å². The third kappa shape index (κ3) is 5.23. The highest BCUT2D eigenvalue weighted by molar-refractivity contribution is 7.91. The van der Waals surface area contributed by atoms with Crippen molar-refractivity contribution in [2.45, 2.75) is 30.9 Å². The van der Waals surface area contributed by atoms with Gasteiger partial charge in [-0.05, 0) is 44.0 Å². The Balaban J connectivity index is 1.46. The number of aromatic amines is 1. The van der Waals surface area contributed by atoms with Gasteiger partial charge in [0.05, 0.1) is 6.61 Å². The Bertz CT molecular complexity index is 1070. The number of carbonyl (C=O) groups excluding carboxylic acids is 1. The maximum Gasteiger partial charge on any atom is 0.305 e. The van der Waals surface area contributed by atoms with Gasteiger partial charge in [-0.3, -0.25) is 9.59 Å². The number of piperazine rings is 1. The zero-order chi connectivity index (χ0) is 21.9. The van der Waals surface area contributed by atoms with Gasteiger partial charge in [0.2, 0.25) is 5.91 Å². The molecule has 0 radical (unpaired) electrons. The third-order valence-corrected chi connectivity index (χ3v) is 8.59. The molecule has 1 aliphatic rings. The SMILES string of the molecule is Cc1cc(Cl)ccc1OCCCC(=O)N1CCN(S(=O)(=O)c2sc(=O)[nH]c2C)CC1. The summed E-state index contributed by atoms with van der Waals surface area (Å²) in [5.74, 6) is 0.721. The van der Waals surface area contributed by atoms with Crippen LogP contribution in [-0.2, 0) is 14.8 Å². The summed E-state index contributed by atoms with van der Waals surface area (Å²) >= 11 is 6.62. The number of hydrogen-bond acceptors (Lipinski definition) is 6. The van der Waals surface area contributed by atoms with Crippen molar-refractivity contribution in [1.29, 1.82) is 0 Å². The van der Waals surface area contributed by atoms with Gasteiger partial charge in [-0.15, -0.1) is 0 Å². The lowest BCUT2D eigenvalue weighted by Crippen LogP contribution is -2.50. The normalized spacial score (nSPS) is 15.4. The maximum atomic E-state index is 12.7. The van der Waals surface area contributed by atoms with Crippen LogP contribution in [-0.4, -0.2) is 61.3 Å². The second-order valence-electron chi connectivity index (χ2n) is 7.07. The molecular formula is C19H24ClN3O5S2. The van der Waals surface area contributed by atoms with Gasteiger partial charge >= 0.3 is 4.87 Å². The standard InChI is InChI=1S/C19H24ClN3O5S2/c1-13-12-15(20)5-6-16(13)28-11-3-4-17(24)22-7-9-23(10-8-22)30(26,27)18-14(2)21-19(25)29-18/h5-6,12H,3-4,7-11H2,1-2H3,(H,21,25). The highest BCUT2D eigenvalue weighted by atomic mass is 35.5. The molecule has 1 fully saturated rings. The van der Waals surface area contributed by atoms with Crippen molar-refractivity contribution in [3.05, 3.63) is 44.1 Å². The van der Waals surface area contributed by atoms with E-state index in [4.69, 9.17) is 16.3 Å². The topological polar surface area (TPSA) is 99.8 Å². The molecular weight excluding hydrogens is 450 g/mol.